The maximum Gasteiger partial charge on any atom is 0.336 e. The van der Waals surface area contributed by atoms with Crippen molar-refractivity contribution in [2.75, 3.05) is 20.6 Å². The van der Waals surface area contributed by atoms with Crippen molar-refractivity contribution >= 4 is 5.97 Å². The number of carbonyl (C=O) groups is 1. The highest BCUT2D eigenvalue weighted by atomic mass is 16.4. The first-order valence-corrected chi connectivity index (χ1v) is 8.47. The molecule has 0 atom stereocenters. The fourth-order valence-corrected chi connectivity index (χ4v) is 2.90. The Bertz CT molecular complexity index is 888. The van der Waals surface area contributed by atoms with E-state index < -0.39 is 5.97 Å². The lowest BCUT2D eigenvalue weighted by Crippen LogP contribution is -2.20. The average Bonchev–Trinajstić information content (AvgIpc) is 3.03. The number of nitrogens with zero attached hydrogens (tertiary/aromatic N) is 4. The minimum Gasteiger partial charge on any atom is -0.478 e. The van der Waals surface area contributed by atoms with E-state index in [1.165, 1.54) is 6.20 Å². The van der Waals surface area contributed by atoms with Gasteiger partial charge in [-0.15, -0.1) is 0 Å². The van der Waals surface area contributed by atoms with Gasteiger partial charge in [-0.3, -0.25) is 9.67 Å². The number of likely N-dealkylation sites (N-methyl/N-ethyl adjacent to an activating group) is 1. The molecule has 0 aliphatic heterocycles. The Hall–Kier alpha value is -2.99. The highest BCUT2D eigenvalue weighted by molar-refractivity contribution is 5.89. The molecule has 0 aliphatic carbocycles. The molecule has 6 heteroatoms. The number of pyridine rings is 1. The van der Waals surface area contributed by atoms with E-state index in [4.69, 9.17) is 0 Å². The van der Waals surface area contributed by atoms with Gasteiger partial charge in [-0.2, -0.15) is 5.10 Å². The third-order valence-corrected chi connectivity index (χ3v) is 4.28. The third kappa shape index (κ3) is 3.97. The number of rotatable bonds is 7. The predicted molar refractivity (Wildman–Crippen MR) is 100 cm³/mol. The van der Waals surface area contributed by atoms with Crippen LogP contribution in [0.3, 0.4) is 0 Å². The van der Waals surface area contributed by atoms with Gasteiger partial charge < -0.3 is 10.0 Å². The van der Waals surface area contributed by atoms with Gasteiger partial charge in [0.05, 0.1) is 24.0 Å². The molecule has 0 unspecified atom stereocenters. The van der Waals surface area contributed by atoms with E-state index in [1.807, 2.05) is 55.3 Å². The first-order chi connectivity index (χ1) is 12.6. The molecule has 0 fully saturated rings. The molecule has 0 bridgehead atoms. The standard InChI is InChI=1S/C20H22N4O2/c1-23(2)10-11-24-19(12-16-13-21-9-8-17(16)20(25)26)18(14-22-24)15-6-4-3-5-7-15/h3-9,13-14H,10-12H2,1-2H3,(H,25,26). The highest BCUT2D eigenvalue weighted by Crippen LogP contribution is 2.26. The van der Waals surface area contributed by atoms with Crippen LogP contribution in [0.5, 0.6) is 0 Å². The summed E-state index contributed by atoms with van der Waals surface area (Å²) in [5.41, 5.74) is 4.04. The number of carboxylic acid groups (broad SMARTS) is 1. The monoisotopic (exact) mass is 350 g/mol. The molecule has 3 aromatic rings. The van der Waals surface area contributed by atoms with Crippen molar-refractivity contribution in [1.29, 1.82) is 0 Å². The lowest BCUT2D eigenvalue weighted by Gasteiger charge is -2.14. The van der Waals surface area contributed by atoms with Crippen LogP contribution in [-0.4, -0.2) is 51.4 Å². The van der Waals surface area contributed by atoms with E-state index in [0.29, 0.717) is 12.0 Å². The summed E-state index contributed by atoms with van der Waals surface area (Å²) in [5.74, 6) is -0.942. The molecule has 1 aromatic carbocycles. The highest BCUT2D eigenvalue weighted by Gasteiger charge is 2.17. The van der Waals surface area contributed by atoms with Crippen molar-refractivity contribution < 1.29 is 9.90 Å². The molecule has 0 amide bonds. The van der Waals surface area contributed by atoms with Crippen LogP contribution in [-0.2, 0) is 13.0 Å². The van der Waals surface area contributed by atoms with Gasteiger partial charge in [0.2, 0.25) is 0 Å². The lowest BCUT2D eigenvalue weighted by atomic mass is 9.99. The summed E-state index contributed by atoms with van der Waals surface area (Å²) in [7, 11) is 4.04. The van der Waals surface area contributed by atoms with Crippen LogP contribution in [0.4, 0.5) is 0 Å². The summed E-state index contributed by atoms with van der Waals surface area (Å²) >= 11 is 0. The summed E-state index contributed by atoms with van der Waals surface area (Å²) in [6.45, 7) is 1.58. The van der Waals surface area contributed by atoms with E-state index in [2.05, 4.69) is 15.0 Å². The quantitative estimate of drug-likeness (QED) is 0.709. The van der Waals surface area contributed by atoms with E-state index >= 15 is 0 Å². The zero-order valence-corrected chi connectivity index (χ0v) is 15.0. The van der Waals surface area contributed by atoms with Crippen molar-refractivity contribution in [3.8, 4) is 11.1 Å². The number of hydrogen-bond donors (Lipinski definition) is 1. The summed E-state index contributed by atoms with van der Waals surface area (Å²) in [6.07, 6.45) is 5.46. The zero-order valence-electron chi connectivity index (χ0n) is 15.0. The van der Waals surface area contributed by atoms with Crippen LogP contribution < -0.4 is 0 Å². The first kappa shape index (κ1) is 17.8. The second kappa shape index (κ2) is 7.93. The molecule has 3 rings (SSSR count). The van der Waals surface area contributed by atoms with Crippen LogP contribution in [0.15, 0.2) is 55.0 Å². The van der Waals surface area contributed by atoms with Gasteiger partial charge in [-0.25, -0.2) is 4.79 Å². The molecule has 0 radical (unpaired) electrons. The topological polar surface area (TPSA) is 71.2 Å². The molecule has 6 nitrogen and oxygen atoms in total. The minimum absolute atomic E-state index is 0.277. The van der Waals surface area contributed by atoms with Crippen molar-refractivity contribution in [2.24, 2.45) is 0 Å². The number of hydrogen-bond acceptors (Lipinski definition) is 4. The van der Waals surface area contributed by atoms with Crippen LogP contribution >= 0.6 is 0 Å². The van der Waals surface area contributed by atoms with Gasteiger partial charge in [0.15, 0.2) is 0 Å². The van der Waals surface area contributed by atoms with Crippen LogP contribution in [0.2, 0.25) is 0 Å². The fraction of sp³-hybridized carbons (Fsp3) is 0.250. The third-order valence-electron chi connectivity index (χ3n) is 4.28. The van der Waals surface area contributed by atoms with Gasteiger partial charge in [-0.1, -0.05) is 30.3 Å². The van der Waals surface area contributed by atoms with E-state index in [9.17, 15) is 9.90 Å². The van der Waals surface area contributed by atoms with Gasteiger partial charge in [-0.05, 0) is 31.3 Å². The zero-order chi connectivity index (χ0) is 18.5. The number of aromatic carboxylic acids is 1. The Morgan fingerprint density at radius 3 is 2.62 bits per heavy atom. The number of aromatic nitrogens is 3. The maximum absolute atomic E-state index is 11.5. The molecule has 2 heterocycles. The molecule has 0 saturated heterocycles. The molecule has 134 valence electrons. The predicted octanol–water partition coefficient (Wildman–Crippen LogP) is 2.80. The van der Waals surface area contributed by atoms with Crippen LogP contribution in [0.1, 0.15) is 21.6 Å². The molecule has 0 spiro atoms. The summed E-state index contributed by atoms with van der Waals surface area (Å²) in [6, 6.07) is 11.6. The van der Waals surface area contributed by atoms with Crippen molar-refractivity contribution in [1.82, 2.24) is 19.7 Å². The Kier molecular flexibility index (Phi) is 5.43. The van der Waals surface area contributed by atoms with Crippen molar-refractivity contribution in [2.45, 2.75) is 13.0 Å². The molecule has 1 N–H and O–H groups in total. The lowest BCUT2D eigenvalue weighted by molar-refractivity contribution is 0.0695. The maximum atomic E-state index is 11.5. The van der Waals surface area contributed by atoms with Gasteiger partial charge in [0, 0.05) is 30.9 Å². The van der Waals surface area contributed by atoms with Gasteiger partial charge in [0.1, 0.15) is 0 Å². The molecule has 2 aromatic heterocycles. The normalized spacial score (nSPS) is 11.0. The molecule has 0 aliphatic rings. The smallest absolute Gasteiger partial charge is 0.336 e. The van der Waals surface area contributed by atoms with Crippen LogP contribution in [0, 0.1) is 0 Å². The molecule has 26 heavy (non-hydrogen) atoms. The van der Waals surface area contributed by atoms with Crippen molar-refractivity contribution in [3.63, 3.8) is 0 Å². The molecular formula is C20H22N4O2. The molecule has 0 saturated carbocycles. The van der Waals surface area contributed by atoms with E-state index in [0.717, 1.165) is 29.9 Å². The van der Waals surface area contributed by atoms with Crippen LogP contribution in [0.25, 0.3) is 11.1 Å². The molecular weight excluding hydrogens is 328 g/mol. The second-order valence-corrected chi connectivity index (χ2v) is 6.41. The SMILES string of the molecule is CN(C)CCn1ncc(-c2ccccc2)c1Cc1cnccc1C(=O)O. The summed E-state index contributed by atoms with van der Waals surface area (Å²) in [4.78, 5) is 17.8. The minimum atomic E-state index is -0.942. The van der Waals surface area contributed by atoms with Gasteiger partial charge in [0.25, 0.3) is 0 Å². The largest absolute Gasteiger partial charge is 0.478 e. The Balaban J connectivity index is 2.03. The van der Waals surface area contributed by atoms with E-state index in [1.54, 1.807) is 12.3 Å². The Labute approximate surface area is 152 Å². The fourth-order valence-electron chi connectivity index (χ4n) is 2.90. The Morgan fingerprint density at radius 1 is 1.15 bits per heavy atom. The number of carboxylic acids is 1. The number of benzene rings is 1. The van der Waals surface area contributed by atoms with Gasteiger partial charge >= 0.3 is 5.97 Å². The first-order valence-electron chi connectivity index (χ1n) is 8.47. The summed E-state index contributed by atoms with van der Waals surface area (Å²) in [5, 5.41) is 14.0. The van der Waals surface area contributed by atoms with E-state index in [-0.39, 0.29) is 5.56 Å². The second-order valence-electron chi connectivity index (χ2n) is 6.41. The summed E-state index contributed by atoms with van der Waals surface area (Å²) < 4.78 is 1.96. The van der Waals surface area contributed by atoms with Crippen molar-refractivity contribution in [3.05, 3.63) is 71.8 Å². The Morgan fingerprint density at radius 2 is 1.92 bits per heavy atom. The average molecular weight is 350 g/mol.